The summed E-state index contributed by atoms with van der Waals surface area (Å²) in [6.45, 7) is 2.61. The van der Waals surface area contributed by atoms with Crippen molar-refractivity contribution in [3.05, 3.63) is 77.0 Å². The van der Waals surface area contributed by atoms with E-state index in [0.717, 1.165) is 24.2 Å². The van der Waals surface area contributed by atoms with Gasteiger partial charge in [0.05, 0.1) is 6.26 Å². The standard InChI is InChI=1S/C23H25ClN6O2/c1-16(4-9-19-3-2-14-32-19)26-23(31)13-12-22-28-27-21-11-10-20(29-30(21)22)25-15-17-5-7-18(24)8-6-17/h2-3,5-8,10-11,14,16H,4,9,12-13,15H2,1H3,(H,25,29)(H,26,31)/t16-/m0/s1. The smallest absolute Gasteiger partial charge is 0.220 e. The molecule has 9 heteroatoms. The first-order chi connectivity index (χ1) is 15.6. The van der Waals surface area contributed by atoms with Crippen LogP contribution in [0.15, 0.2) is 59.2 Å². The topological polar surface area (TPSA) is 97.4 Å². The molecular formula is C23H25ClN6O2. The minimum absolute atomic E-state index is 0.0225. The third-order valence-corrected chi connectivity index (χ3v) is 5.35. The molecule has 0 radical (unpaired) electrons. The number of aromatic nitrogens is 4. The molecule has 2 N–H and O–H groups in total. The highest BCUT2D eigenvalue weighted by molar-refractivity contribution is 6.30. The van der Waals surface area contributed by atoms with E-state index < -0.39 is 0 Å². The molecule has 32 heavy (non-hydrogen) atoms. The molecule has 166 valence electrons. The number of furan rings is 1. The predicted octanol–water partition coefficient (Wildman–Crippen LogP) is 4.05. The van der Waals surface area contributed by atoms with E-state index in [0.29, 0.717) is 41.7 Å². The van der Waals surface area contributed by atoms with E-state index in [4.69, 9.17) is 16.0 Å². The first-order valence-electron chi connectivity index (χ1n) is 10.6. The van der Waals surface area contributed by atoms with Gasteiger partial charge in [-0.25, -0.2) is 0 Å². The van der Waals surface area contributed by atoms with E-state index in [9.17, 15) is 4.79 Å². The second kappa shape index (κ2) is 10.3. The molecule has 8 nitrogen and oxygen atoms in total. The number of carbonyl (C=O) groups is 1. The molecule has 0 bridgehead atoms. The molecule has 1 aromatic carbocycles. The second-order valence-corrected chi connectivity index (χ2v) is 8.11. The highest BCUT2D eigenvalue weighted by atomic mass is 35.5. The van der Waals surface area contributed by atoms with Gasteiger partial charge in [0.2, 0.25) is 5.91 Å². The lowest BCUT2D eigenvalue weighted by Gasteiger charge is -2.13. The number of amides is 1. The van der Waals surface area contributed by atoms with Crippen LogP contribution in [0.1, 0.15) is 36.9 Å². The number of rotatable bonds is 10. The molecule has 0 aliphatic heterocycles. The Labute approximate surface area is 191 Å². The Balaban J connectivity index is 1.30. The van der Waals surface area contributed by atoms with E-state index in [-0.39, 0.29) is 11.9 Å². The number of aryl methyl sites for hydroxylation is 2. The summed E-state index contributed by atoms with van der Waals surface area (Å²) in [4.78, 5) is 12.4. The summed E-state index contributed by atoms with van der Waals surface area (Å²) in [5.41, 5.74) is 1.74. The number of fused-ring (bicyclic) bond motifs is 1. The van der Waals surface area contributed by atoms with Gasteiger partial charge in [0, 0.05) is 36.9 Å². The number of halogens is 1. The Morgan fingerprint density at radius 3 is 2.75 bits per heavy atom. The van der Waals surface area contributed by atoms with Crippen LogP contribution in [0.5, 0.6) is 0 Å². The molecule has 0 unspecified atom stereocenters. The van der Waals surface area contributed by atoms with Crippen LogP contribution in [0, 0.1) is 0 Å². The van der Waals surface area contributed by atoms with Gasteiger partial charge >= 0.3 is 0 Å². The molecule has 3 aromatic heterocycles. The van der Waals surface area contributed by atoms with Crippen LogP contribution in [0.3, 0.4) is 0 Å². The molecule has 4 aromatic rings. The molecule has 4 rings (SSSR count). The van der Waals surface area contributed by atoms with Gasteiger partial charge in [0.1, 0.15) is 11.6 Å². The van der Waals surface area contributed by atoms with Crippen molar-refractivity contribution in [3.63, 3.8) is 0 Å². The first-order valence-corrected chi connectivity index (χ1v) is 11.0. The fourth-order valence-corrected chi connectivity index (χ4v) is 3.46. The second-order valence-electron chi connectivity index (χ2n) is 7.67. The van der Waals surface area contributed by atoms with E-state index in [1.54, 1.807) is 10.8 Å². The largest absolute Gasteiger partial charge is 0.469 e. The molecule has 3 heterocycles. The van der Waals surface area contributed by atoms with Crippen LogP contribution < -0.4 is 10.6 Å². The Morgan fingerprint density at radius 1 is 1.12 bits per heavy atom. The fraction of sp³-hybridized carbons (Fsp3) is 0.304. The quantitative estimate of drug-likeness (QED) is 0.376. The van der Waals surface area contributed by atoms with Gasteiger partial charge in [-0.05, 0) is 55.3 Å². The molecule has 1 atom stereocenters. The number of nitrogens with zero attached hydrogens (tertiary/aromatic N) is 4. The number of anilines is 1. The zero-order chi connectivity index (χ0) is 22.3. The van der Waals surface area contributed by atoms with Crippen molar-refractivity contribution in [3.8, 4) is 0 Å². The van der Waals surface area contributed by atoms with Crippen molar-refractivity contribution in [1.29, 1.82) is 0 Å². The lowest BCUT2D eigenvalue weighted by molar-refractivity contribution is -0.121. The molecular weight excluding hydrogens is 428 g/mol. The van der Waals surface area contributed by atoms with Gasteiger partial charge in [-0.1, -0.05) is 23.7 Å². The zero-order valence-corrected chi connectivity index (χ0v) is 18.5. The maximum Gasteiger partial charge on any atom is 0.220 e. The van der Waals surface area contributed by atoms with Crippen LogP contribution in [0.4, 0.5) is 5.82 Å². The summed E-state index contributed by atoms with van der Waals surface area (Å²) in [5.74, 6) is 2.25. The molecule has 1 amide bonds. The molecule has 0 saturated heterocycles. The lowest BCUT2D eigenvalue weighted by Crippen LogP contribution is -2.33. The summed E-state index contributed by atoms with van der Waals surface area (Å²) >= 11 is 5.93. The van der Waals surface area contributed by atoms with Gasteiger partial charge in [-0.2, -0.15) is 4.52 Å². The third kappa shape index (κ3) is 5.85. The molecule has 0 fully saturated rings. The van der Waals surface area contributed by atoms with E-state index in [1.807, 2.05) is 55.5 Å². The number of carbonyl (C=O) groups excluding carboxylic acids is 1. The maximum absolute atomic E-state index is 12.4. The third-order valence-electron chi connectivity index (χ3n) is 5.10. The van der Waals surface area contributed by atoms with Gasteiger partial charge in [0.15, 0.2) is 11.5 Å². The SMILES string of the molecule is C[C@@H](CCc1ccco1)NC(=O)CCc1nnc2ccc(NCc3ccc(Cl)cc3)nn12. The number of benzene rings is 1. The average molecular weight is 453 g/mol. The average Bonchev–Trinajstić information content (AvgIpc) is 3.45. The summed E-state index contributed by atoms with van der Waals surface area (Å²) in [6, 6.07) is 15.2. The van der Waals surface area contributed by atoms with Crippen LogP contribution in [0.25, 0.3) is 5.65 Å². The first kappa shape index (κ1) is 21.8. The molecule has 0 aliphatic carbocycles. The molecule has 0 spiro atoms. The number of nitrogens with one attached hydrogen (secondary N) is 2. The van der Waals surface area contributed by atoms with E-state index in [2.05, 4.69) is 25.9 Å². The summed E-state index contributed by atoms with van der Waals surface area (Å²) in [6.07, 6.45) is 4.03. The van der Waals surface area contributed by atoms with Gasteiger partial charge in [-0.3, -0.25) is 4.79 Å². The Morgan fingerprint density at radius 2 is 1.97 bits per heavy atom. The molecule has 0 aliphatic rings. The summed E-state index contributed by atoms with van der Waals surface area (Å²) in [7, 11) is 0. The Bertz CT molecular complexity index is 1160. The highest BCUT2D eigenvalue weighted by Gasteiger charge is 2.12. The maximum atomic E-state index is 12.4. The monoisotopic (exact) mass is 452 g/mol. The van der Waals surface area contributed by atoms with Crippen molar-refractivity contribution in [2.24, 2.45) is 0 Å². The van der Waals surface area contributed by atoms with Crippen molar-refractivity contribution in [2.75, 3.05) is 5.32 Å². The highest BCUT2D eigenvalue weighted by Crippen LogP contribution is 2.13. The zero-order valence-electron chi connectivity index (χ0n) is 17.8. The predicted molar refractivity (Wildman–Crippen MR) is 123 cm³/mol. The summed E-state index contributed by atoms with van der Waals surface area (Å²) in [5, 5.41) is 20.0. The molecule has 0 saturated carbocycles. The Hall–Kier alpha value is -3.39. The van der Waals surface area contributed by atoms with Crippen LogP contribution in [-0.2, 0) is 24.2 Å². The van der Waals surface area contributed by atoms with E-state index in [1.165, 1.54) is 0 Å². The number of hydrogen-bond donors (Lipinski definition) is 2. The van der Waals surface area contributed by atoms with Crippen LogP contribution in [0.2, 0.25) is 5.02 Å². The van der Waals surface area contributed by atoms with Gasteiger partial charge < -0.3 is 15.1 Å². The minimum Gasteiger partial charge on any atom is -0.469 e. The normalized spacial score (nSPS) is 12.1. The van der Waals surface area contributed by atoms with Gasteiger partial charge in [0.25, 0.3) is 0 Å². The summed E-state index contributed by atoms with van der Waals surface area (Å²) < 4.78 is 7.01. The van der Waals surface area contributed by atoms with Crippen LogP contribution >= 0.6 is 11.6 Å². The van der Waals surface area contributed by atoms with Gasteiger partial charge in [-0.15, -0.1) is 15.3 Å². The lowest BCUT2D eigenvalue weighted by atomic mass is 10.1. The fourth-order valence-electron chi connectivity index (χ4n) is 3.34. The van der Waals surface area contributed by atoms with Crippen molar-refractivity contribution >= 4 is 29.0 Å². The van der Waals surface area contributed by atoms with E-state index >= 15 is 0 Å². The minimum atomic E-state index is -0.0225. The Kier molecular flexibility index (Phi) is 7.01. The van der Waals surface area contributed by atoms with Crippen LogP contribution in [-0.4, -0.2) is 31.8 Å². The van der Waals surface area contributed by atoms with Crippen molar-refractivity contribution in [1.82, 2.24) is 25.1 Å². The van der Waals surface area contributed by atoms with Crippen molar-refractivity contribution in [2.45, 2.75) is 45.2 Å². The number of hydrogen-bond acceptors (Lipinski definition) is 6. The van der Waals surface area contributed by atoms with Crippen molar-refractivity contribution < 1.29 is 9.21 Å².